The number of ketones is 1. The summed E-state index contributed by atoms with van der Waals surface area (Å²) in [5, 5.41) is -0.0807. The van der Waals surface area contributed by atoms with Crippen molar-refractivity contribution in [3.63, 3.8) is 0 Å². The Bertz CT molecular complexity index is 432. The van der Waals surface area contributed by atoms with Gasteiger partial charge in [0.05, 0.1) is 21.6 Å². The molecule has 0 saturated carbocycles. The number of hydrogen-bond donors (Lipinski definition) is 0. The van der Waals surface area contributed by atoms with Crippen LogP contribution >= 0.6 is 11.6 Å². The molecule has 16 heavy (non-hydrogen) atoms. The molecule has 88 valence electrons. The van der Waals surface area contributed by atoms with Crippen molar-refractivity contribution in [3.05, 3.63) is 29.0 Å². The standard InChI is InChI=1S/C11H12ClFO2S/c1-7(2)11(14)6-16(15)8-3-4-10(13)9(12)5-8/h3-5,7H,6H2,1-2H3. The molecule has 0 aromatic heterocycles. The van der Waals surface area contributed by atoms with Crippen LogP contribution in [-0.2, 0) is 15.6 Å². The van der Waals surface area contributed by atoms with Crippen LogP contribution in [0.15, 0.2) is 23.1 Å². The Labute approximate surface area is 101 Å². The SMILES string of the molecule is CC(C)C(=O)CS(=O)c1ccc(F)c(Cl)c1. The van der Waals surface area contributed by atoms with Crippen LogP contribution in [0.25, 0.3) is 0 Å². The van der Waals surface area contributed by atoms with Crippen molar-refractivity contribution in [3.8, 4) is 0 Å². The topological polar surface area (TPSA) is 34.1 Å². The summed E-state index contributed by atoms with van der Waals surface area (Å²) in [4.78, 5) is 11.8. The van der Waals surface area contributed by atoms with Crippen molar-refractivity contribution in [2.75, 3.05) is 5.75 Å². The van der Waals surface area contributed by atoms with Crippen LogP contribution in [0.2, 0.25) is 5.02 Å². The van der Waals surface area contributed by atoms with Gasteiger partial charge in [0.1, 0.15) is 11.6 Å². The zero-order valence-electron chi connectivity index (χ0n) is 9.00. The van der Waals surface area contributed by atoms with Crippen LogP contribution in [0.5, 0.6) is 0 Å². The van der Waals surface area contributed by atoms with Gasteiger partial charge >= 0.3 is 0 Å². The largest absolute Gasteiger partial charge is 0.298 e. The predicted molar refractivity (Wildman–Crippen MR) is 62.5 cm³/mol. The Kier molecular flexibility index (Phi) is 4.62. The van der Waals surface area contributed by atoms with Gasteiger partial charge < -0.3 is 0 Å². The lowest BCUT2D eigenvalue weighted by Crippen LogP contribution is -2.16. The highest BCUT2D eigenvalue weighted by Gasteiger charge is 2.14. The molecule has 2 nitrogen and oxygen atoms in total. The van der Waals surface area contributed by atoms with Gasteiger partial charge in [-0.3, -0.25) is 9.00 Å². The zero-order valence-corrected chi connectivity index (χ0v) is 10.6. The summed E-state index contributed by atoms with van der Waals surface area (Å²) in [6.07, 6.45) is 0. The molecular formula is C11H12ClFO2S. The van der Waals surface area contributed by atoms with Gasteiger partial charge in [-0.1, -0.05) is 25.4 Å². The Morgan fingerprint density at radius 2 is 2.12 bits per heavy atom. The highest BCUT2D eigenvalue weighted by Crippen LogP contribution is 2.18. The first-order valence-electron chi connectivity index (χ1n) is 4.78. The first-order chi connectivity index (χ1) is 7.41. The van der Waals surface area contributed by atoms with Crippen LogP contribution in [0.3, 0.4) is 0 Å². The lowest BCUT2D eigenvalue weighted by Gasteiger charge is -2.05. The van der Waals surface area contributed by atoms with E-state index in [0.717, 1.165) is 6.07 Å². The summed E-state index contributed by atoms with van der Waals surface area (Å²) in [6.45, 7) is 3.49. The average Bonchev–Trinajstić information content (AvgIpc) is 2.21. The van der Waals surface area contributed by atoms with E-state index >= 15 is 0 Å². The third-order valence-electron chi connectivity index (χ3n) is 2.07. The molecule has 0 aliphatic heterocycles. The fourth-order valence-corrected chi connectivity index (χ4v) is 2.47. The Morgan fingerprint density at radius 3 is 2.62 bits per heavy atom. The summed E-state index contributed by atoms with van der Waals surface area (Å²) >= 11 is 5.56. The minimum Gasteiger partial charge on any atom is -0.298 e. The van der Waals surface area contributed by atoms with Gasteiger partial charge in [0.25, 0.3) is 0 Å². The number of benzene rings is 1. The molecule has 0 fully saturated rings. The Balaban J connectivity index is 2.81. The smallest absolute Gasteiger partial charge is 0.148 e. The first-order valence-corrected chi connectivity index (χ1v) is 6.47. The molecular weight excluding hydrogens is 251 g/mol. The molecule has 0 aliphatic rings. The molecule has 1 aromatic carbocycles. The van der Waals surface area contributed by atoms with Gasteiger partial charge in [0, 0.05) is 10.8 Å². The zero-order chi connectivity index (χ0) is 12.3. The number of Topliss-reactive ketones (excluding diaryl/α,β-unsaturated/α-hetero) is 1. The van der Waals surface area contributed by atoms with Gasteiger partial charge in [-0.25, -0.2) is 4.39 Å². The molecule has 0 heterocycles. The molecule has 0 aliphatic carbocycles. The van der Waals surface area contributed by atoms with Crippen molar-refractivity contribution in [2.45, 2.75) is 18.7 Å². The molecule has 0 saturated heterocycles. The number of hydrogen-bond acceptors (Lipinski definition) is 2. The van der Waals surface area contributed by atoms with Gasteiger partial charge in [0.15, 0.2) is 0 Å². The van der Waals surface area contributed by atoms with Gasteiger partial charge in [-0.15, -0.1) is 0 Å². The van der Waals surface area contributed by atoms with E-state index in [-0.39, 0.29) is 22.5 Å². The summed E-state index contributed by atoms with van der Waals surface area (Å²) in [7, 11) is -1.45. The number of carbonyl (C=O) groups is 1. The number of rotatable bonds is 4. The maximum Gasteiger partial charge on any atom is 0.148 e. The normalized spacial score (nSPS) is 12.8. The number of carbonyl (C=O) groups excluding carboxylic acids is 1. The monoisotopic (exact) mass is 262 g/mol. The third-order valence-corrected chi connectivity index (χ3v) is 3.69. The predicted octanol–water partition coefficient (Wildman–Crippen LogP) is 2.81. The van der Waals surface area contributed by atoms with E-state index in [1.807, 2.05) is 0 Å². The lowest BCUT2D eigenvalue weighted by atomic mass is 10.1. The molecule has 5 heteroatoms. The van der Waals surface area contributed by atoms with Gasteiger partial charge in [-0.05, 0) is 18.2 Å². The minimum absolute atomic E-state index is 0.0559. The summed E-state index contributed by atoms with van der Waals surface area (Å²) in [5.74, 6) is -0.851. The maximum atomic E-state index is 12.9. The average molecular weight is 263 g/mol. The first kappa shape index (κ1) is 13.3. The van der Waals surface area contributed by atoms with Crippen LogP contribution in [0.4, 0.5) is 4.39 Å². The van der Waals surface area contributed by atoms with Crippen LogP contribution in [-0.4, -0.2) is 15.7 Å². The van der Waals surface area contributed by atoms with Gasteiger partial charge in [0.2, 0.25) is 0 Å². The fraction of sp³-hybridized carbons (Fsp3) is 0.364. The lowest BCUT2D eigenvalue weighted by molar-refractivity contribution is -0.119. The Morgan fingerprint density at radius 1 is 1.50 bits per heavy atom. The fourth-order valence-electron chi connectivity index (χ4n) is 0.998. The van der Waals surface area contributed by atoms with Crippen molar-refractivity contribution in [1.82, 2.24) is 0 Å². The summed E-state index contributed by atoms with van der Waals surface area (Å²) in [5.41, 5.74) is 0. The van der Waals surface area contributed by atoms with E-state index < -0.39 is 16.6 Å². The molecule has 1 atom stereocenters. The van der Waals surface area contributed by atoms with Crippen molar-refractivity contribution in [2.24, 2.45) is 5.92 Å². The molecule has 1 aromatic rings. The second-order valence-corrected chi connectivity index (χ2v) is 5.55. The minimum atomic E-state index is -1.45. The highest BCUT2D eigenvalue weighted by molar-refractivity contribution is 7.85. The number of halogens is 2. The van der Waals surface area contributed by atoms with E-state index in [2.05, 4.69) is 0 Å². The molecule has 0 spiro atoms. The van der Waals surface area contributed by atoms with E-state index in [0.29, 0.717) is 4.90 Å². The third kappa shape index (κ3) is 3.39. The highest BCUT2D eigenvalue weighted by atomic mass is 35.5. The van der Waals surface area contributed by atoms with Crippen LogP contribution < -0.4 is 0 Å². The summed E-state index contributed by atoms with van der Waals surface area (Å²) < 4.78 is 24.6. The second-order valence-electron chi connectivity index (χ2n) is 3.69. The van der Waals surface area contributed by atoms with E-state index in [4.69, 9.17) is 11.6 Å². The second kappa shape index (κ2) is 5.55. The van der Waals surface area contributed by atoms with E-state index in [1.54, 1.807) is 13.8 Å². The Hall–Kier alpha value is -0.740. The van der Waals surface area contributed by atoms with Crippen molar-refractivity contribution < 1.29 is 13.4 Å². The molecule has 0 N–H and O–H groups in total. The quantitative estimate of drug-likeness (QED) is 0.836. The maximum absolute atomic E-state index is 12.9. The summed E-state index contributed by atoms with van der Waals surface area (Å²) in [6, 6.07) is 3.82. The molecule has 0 amide bonds. The molecule has 1 rings (SSSR count). The van der Waals surface area contributed by atoms with Gasteiger partial charge in [-0.2, -0.15) is 0 Å². The molecule has 0 radical (unpaired) electrons. The van der Waals surface area contributed by atoms with E-state index in [9.17, 15) is 13.4 Å². The van der Waals surface area contributed by atoms with Crippen molar-refractivity contribution >= 4 is 28.2 Å². The molecule has 0 bridgehead atoms. The van der Waals surface area contributed by atoms with Crippen LogP contribution in [0, 0.1) is 11.7 Å². The van der Waals surface area contributed by atoms with Crippen molar-refractivity contribution in [1.29, 1.82) is 0 Å². The molecule has 1 unspecified atom stereocenters. The van der Waals surface area contributed by atoms with Crippen LogP contribution in [0.1, 0.15) is 13.8 Å². The van der Waals surface area contributed by atoms with E-state index in [1.165, 1.54) is 12.1 Å².